The molecule has 0 aromatic heterocycles. The Morgan fingerprint density at radius 1 is 1.21 bits per heavy atom. The number of amides is 2. The molecule has 0 spiro atoms. The summed E-state index contributed by atoms with van der Waals surface area (Å²) in [4.78, 5) is 25.8. The molecule has 1 aliphatic heterocycles. The Morgan fingerprint density at radius 3 is 2.32 bits per heavy atom. The molecule has 1 aromatic rings. The van der Waals surface area contributed by atoms with Gasteiger partial charge in [0.05, 0.1) is 5.69 Å². The van der Waals surface area contributed by atoms with E-state index < -0.39 is 11.7 Å². The van der Waals surface area contributed by atoms with Crippen LogP contribution in [0.1, 0.15) is 17.3 Å². The standard InChI is InChI=1S/C13H16FN3O2/c1-9(18)16-4-6-17(7-5-16)12-3-2-10(13(15)19)8-11(12)14/h2-3,8H,4-7H2,1H3,(H2,15,19). The highest BCUT2D eigenvalue weighted by Crippen LogP contribution is 2.21. The first-order chi connectivity index (χ1) is 8.99. The second-order valence-corrected chi connectivity index (χ2v) is 4.52. The molecule has 6 heteroatoms. The molecule has 0 bridgehead atoms. The normalized spacial score (nSPS) is 15.5. The maximum Gasteiger partial charge on any atom is 0.248 e. The molecule has 102 valence electrons. The molecule has 1 aliphatic rings. The lowest BCUT2D eigenvalue weighted by molar-refractivity contribution is -0.129. The monoisotopic (exact) mass is 265 g/mol. The quantitative estimate of drug-likeness (QED) is 0.851. The minimum absolute atomic E-state index is 0.0317. The molecule has 2 rings (SSSR count). The number of primary amides is 1. The molecule has 0 radical (unpaired) electrons. The minimum Gasteiger partial charge on any atom is -0.366 e. The fraction of sp³-hybridized carbons (Fsp3) is 0.385. The Bertz CT molecular complexity index is 511. The van der Waals surface area contributed by atoms with Gasteiger partial charge in [-0.3, -0.25) is 9.59 Å². The molecule has 0 saturated carbocycles. The van der Waals surface area contributed by atoms with Crippen molar-refractivity contribution in [2.45, 2.75) is 6.92 Å². The van der Waals surface area contributed by atoms with Gasteiger partial charge in [0.15, 0.2) is 0 Å². The lowest BCUT2D eigenvalue weighted by Crippen LogP contribution is -2.48. The van der Waals surface area contributed by atoms with E-state index in [0.717, 1.165) is 6.07 Å². The van der Waals surface area contributed by atoms with E-state index in [-0.39, 0.29) is 11.5 Å². The van der Waals surface area contributed by atoms with E-state index in [1.165, 1.54) is 13.0 Å². The van der Waals surface area contributed by atoms with Gasteiger partial charge in [0.1, 0.15) is 5.82 Å². The summed E-state index contributed by atoms with van der Waals surface area (Å²) in [6.45, 7) is 3.83. The van der Waals surface area contributed by atoms with E-state index in [0.29, 0.717) is 31.9 Å². The molecule has 2 N–H and O–H groups in total. The third kappa shape index (κ3) is 2.83. The topological polar surface area (TPSA) is 66.6 Å². The number of anilines is 1. The minimum atomic E-state index is -0.646. The summed E-state index contributed by atoms with van der Waals surface area (Å²) in [5.74, 6) is -1.08. The molecule has 2 amide bonds. The highest BCUT2D eigenvalue weighted by atomic mass is 19.1. The first kappa shape index (κ1) is 13.3. The molecule has 5 nitrogen and oxygen atoms in total. The summed E-state index contributed by atoms with van der Waals surface area (Å²) in [6.07, 6.45) is 0. The zero-order valence-electron chi connectivity index (χ0n) is 10.7. The lowest BCUT2D eigenvalue weighted by Gasteiger charge is -2.35. The van der Waals surface area contributed by atoms with Crippen LogP contribution < -0.4 is 10.6 Å². The van der Waals surface area contributed by atoms with Crippen LogP contribution >= 0.6 is 0 Å². The van der Waals surface area contributed by atoms with Gasteiger partial charge in [0.2, 0.25) is 11.8 Å². The van der Waals surface area contributed by atoms with Crippen molar-refractivity contribution in [2.24, 2.45) is 5.73 Å². The van der Waals surface area contributed by atoms with Gasteiger partial charge in [-0.15, -0.1) is 0 Å². The number of piperazine rings is 1. The third-order valence-electron chi connectivity index (χ3n) is 3.30. The number of nitrogens with two attached hydrogens (primary N) is 1. The van der Waals surface area contributed by atoms with Gasteiger partial charge in [-0.05, 0) is 18.2 Å². The summed E-state index contributed by atoms with van der Waals surface area (Å²) in [5, 5.41) is 0. The first-order valence-corrected chi connectivity index (χ1v) is 6.09. The summed E-state index contributed by atoms with van der Waals surface area (Å²) >= 11 is 0. The van der Waals surface area contributed by atoms with Gasteiger partial charge >= 0.3 is 0 Å². The van der Waals surface area contributed by atoms with Crippen molar-refractivity contribution in [3.63, 3.8) is 0 Å². The van der Waals surface area contributed by atoms with Crippen molar-refractivity contribution in [3.8, 4) is 0 Å². The van der Waals surface area contributed by atoms with Gasteiger partial charge in [-0.1, -0.05) is 0 Å². The van der Waals surface area contributed by atoms with Crippen LogP contribution in [0.4, 0.5) is 10.1 Å². The summed E-state index contributed by atoms with van der Waals surface area (Å²) in [7, 11) is 0. The summed E-state index contributed by atoms with van der Waals surface area (Å²) in [5.41, 5.74) is 5.69. The number of halogens is 1. The third-order valence-corrected chi connectivity index (χ3v) is 3.30. The van der Waals surface area contributed by atoms with Crippen molar-refractivity contribution in [3.05, 3.63) is 29.6 Å². The maximum atomic E-state index is 13.9. The number of carbonyl (C=O) groups is 2. The average molecular weight is 265 g/mol. The highest BCUT2D eigenvalue weighted by molar-refractivity contribution is 5.93. The molecule has 1 heterocycles. The van der Waals surface area contributed by atoms with E-state index in [2.05, 4.69) is 0 Å². The fourth-order valence-corrected chi connectivity index (χ4v) is 2.18. The number of nitrogens with zero attached hydrogens (tertiary/aromatic N) is 2. The number of carbonyl (C=O) groups excluding carboxylic acids is 2. The Hall–Kier alpha value is -2.11. The zero-order chi connectivity index (χ0) is 14.0. The molecular weight excluding hydrogens is 249 g/mol. The lowest BCUT2D eigenvalue weighted by atomic mass is 10.1. The van der Waals surface area contributed by atoms with Crippen LogP contribution in [0.3, 0.4) is 0 Å². The Balaban J connectivity index is 2.11. The predicted molar refractivity (Wildman–Crippen MR) is 69.4 cm³/mol. The fourth-order valence-electron chi connectivity index (χ4n) is 2.18. The van der Waals surface area contributed by atoms with Gasteiger partial charge < -0.3 is 15.5 Å². The summed E-state index contributed by atoms with van der Waals surface area (Å²) < 4.78 is 13.9. The van der Waals surface area contributed by atoms with Gasteiger partial charge in [-0.2, -0.15) is 0 Å². The average Bonchev–Trinajstić information content (AvgIpc) is 2.38. The highest BCUT2D eigenvalue weighted by Gasteiger charge is 2.21. The van der Waals surface area contributed by atoms with Crippen molar-refractivity contribution < 1.29 is 14.0 Å². The molecule has 0 unspecified atom stereocenters. The Morgan fingerprint density at radius 2 is 1.84 bits per heavy atom. The van der Waals surface area contributed by atoms with E-state index in [4.69, 9.17) is 5.73 Å². The van der Waals surface area contributed by atoms with E-state index >= 15 is 0 Å². The van der Waals surface area contributed by atoms with Crippen LogP contribution in [-0.2, 0) is 4.79 Å². The molecule has 19 heavy (non-hydrogen) atoms. The Kier molecular flexibility index (Phi) is 3.69. The number of hydrogen-bond donors (Lipinski definition) is 1. The van der Waals surface area contributed by atoms with E-state index in [1.807, 2.05) is 4.90 Å². The maximum absolute atomic E-state index is 13.9. The Labute approximate surface area is 110 Å². The number of hydrogen-bond acceptors (Lipinski definition) is 3. The molecule has 1 aromatic carbocycles. The van der Waals surface area contributed by atoms with Crippen molar-refractivity contribution in [1.82, 2.24) is 4.90 Å². The van der Waals surface area contributed by atoms with Crippen LogP contribution in [-0.4, -0.2) is 42.9 Å². The van der Waals surface area contributed by atoms with Gasteiger partial charge in [0.25, 0.3) is 0 Å². The largest absolute Gasteiger partial charge is 0.366 e. The van der Waals surface area contributed by atoms with Gasteiger partial charge in [-0.25, -0.2) is 4.39 Å². The summed E-state index contributed by atoms with van der Waals surface area (Å²) in [6, 6.07) is 4.21. The SMILES string of the molecule is CC(=O)N1CCN(c2ccc(C(N)=O)cc2F)CC1. The molecule has 1 fully saturated rings. The molecule has 0 atom stereocenters. The van der Waals surface area contributed by atoms with Gasteiger partial charge in [0, 0.05) is 38.7 Å². The van der Waals surface area contributed by atoms with Crippen LogP contribution in [0.15, 0.2) is 18.2 Å². The number of benzene rings is 1. The van der Waals surface area contributed by atoms with Crippen molar-refractivity contribution >= 4 is 17.5 Å². The van der Waals surface area contributed by atoms with Crippen LogP contribution in [0.5, 0.6) is 0 Å². The van der Waals surface area contributed by atoms with Crippen LogP contribution in [0, 0.1) is 5.82 Å². The second-order valence-electron chi connectivity index (χ2n) is 4.52. The zero-order valence-corrected chi connectivity index (χ0v) is 10.7. The van der Waals surface area contributed by atoms with Crippen LogP contribution in [0.25, 0.3) is 0 Å². The molecular formula is C13H16FN3O2. The predicted octanol–water partition coefficient (Wildman–Crippen LogP) is 0.593. The number of rotatable bonds is 2. The molecule has 1 saturated heterocycles. The second kappa shape index (κ2) is 5.26. The van der Waals surface area contributed by atoms with Crippen molar-refractivity contribution in [2.75, 3.05) is 31.1 Å². The van der Waals surface area contributed by atoms with E-state index in [9.17, 15) is 14.0 Å². The smallest absolute Gasteiger partial charge is 0.248 e. The van der Waals surface area contributed by atoms with Crippen LogP contribution in [0.2, 0.25) is 0 Å². The van der Waals surface area contributed by atoms with Crippen molar-refractivity contribution in [1.29, 1.82) is 0 Å². The first-order valence-electron chi connectivity index (χ1n) is 6.09. The van der Waals surface area contributed by atoms with E-state index in [1.54, 1.807) is 11.0 Å². The molecule has 0 aliphatic carbocycles.